The summed E-state index contributed by atoms with van der Waals surface area (Å²) >= 11 is 0. The number of anilines is 1. The molecule has 1 aliphatic rings. The zero-order chi connectivity index (χ0) is 10.3. The van der Waals surface area contributed by atoms with Gasteiger partial charge in [0, 0.05) is 13.0 Å². The molecule has 1 heterocycles. The lowest BCUT2D eigenvalue weighted by atomic mass is 9.86. The zero-order valence-corrected chi connectivity index (χ0v) is 9.26. The molecule has 1 atom stereocenters. The van der Waals surface area contributed by atoms with E-state index in [2.05, 4.69) is 42.4 Å². The highest BCUT2D eigenvalue weighted by atomic mass is 15.2. The summed E-state index contributed by atoms with van der Waals surface area (Å²) in [5.74, 6) is 1.41. The van der Waals surface area contributed by atoms with E-state index in [1.54, 1.807) is 0 Å². The highest BCUT2D eigenvalue weighted by Crippen LogP contribution is 2.44. The van der Waals surface area contributed by atoms with Gasteiger partial charge in [0.15, 0.2) is 0 Å². The van der Waals surface area contributed by atoms with E-state index in [1.807, 2.05) is 7.05 Å². The SMILES string of the molecule is CNc1cc2c(nn1)C(C)CC2(C)C. The van der Waals surface area contributed by atoms with Crippen molar-refractivity contribution in [1.82, 2.24) is 10.2 Å². The number of hydrogen-bond acceptors (Lipinski definition) is 3. The summed E-state index contributed by atoms with van der Waals surface area (Å²) in [7, 11) is 1.88. The van der Waals surface area contributed by atoms with Crippen molar-refractivity contribution >= 4 is 5.82 Å². The normalized spacial score (nSPS) is 23.3. The summed E-state index contributed by atoms with van der Waals surface area (Å²) in [5.41, 5.74) is 2.77. The van der Waals surface area contributed by atoms with Gasteiger partial charge in [-0.05, 0) is 23.5 Å². The second-order valence-corrected chi connectivity index (χ2v) is 4.77. The van der Waals surface area contributed by atoms with Crippen molar-refractivity contribution in [3.05, 3.63) is 17.3 Å². The zero-order valence-electron chi connectivity index (χ0n) is 9.26. The van der Waals surface area contributed by atoms with Crippen LogP contribution in [0.5, 0.6) is 0 Å². The third-order valence-corrected chi connectivity index (χ3v) is 3.09. The maximum Gasteiger partial charge on any atom is 0.148 e. The minimum atomic E-state index is 0.246. The Kier molecular flexibility index (Phi) is 1.98. The van der Waals surface area contributed by atoms with E-state index in [4.69, 9.17) is 0 Å². The van der Waals surface area contributed by atoms with Gasteiger partial charge in [-0.3, -0.25) is 0 Å². The van der Waals surface area contributed by atoms with Crippen LogP contribution in [-0.4, -0.2) is 17.2 Å². The van der Waals surface area contributed by atoms with E-state index in [9.17, 15) is 0 Å². The van der Waals surface area contributed by atoms with E-state index < -0.39 is 0 Å². The molecule has 0 saturated carbocycles. The Balaban J connectivity index is 2.53. The summed E-state index contributed by atoms with van der Waals surface area (Å²) < 4.78 is 0. The standard InChI is InChI=1S/C11H17N3/c1-7-6-11(2,3)8-5-9(12-4)13-14-10(7)8/h5,7H,6H2,1-4H3,(H,12,13). The van der Waals surface area contributed by atoms with Gasteiger partial charge in [-0.1, -0.05) is 20.8 Å². The summed E-state index contributed by atoms with van der Waals surface area (Å²) in [5, 5.41) is 11.5. The van der Waals surface area contributed by atoms with Crippen LogP contribution in [0.4, 0.5) is 5.82 Å². The molecule has 1 unspecified atom stereocenters. The minimum Gasteiger partial charge on any atom is -0.372 e. The smallest absolute Gasteiger partial charge is 0.148 e. The van der Waals surface area contributed by atoms with Crippen molar-refractivity contribution in [1.29, 1.82) is 0 Å². The lowest BCUT2D eigenvalue weighted by Gasteiger charge is -2.18. The van der Waals surface area contributed by atoms with Crippen LogP contribution in [0.3, 0.4) is 0 Å². The predicted molar refractivity (Wildman–Crippen MR) is 57.6 cm³/mol. The third-order valence-electron chi connectivity index (χ3n) is 3.09. The Bertz CT molecular complexity index is 358. The lowest BCUT2D eigenvalue weighted by Crippen LogP contribution is -2.13. The molecule has 0 bridgehead atoms. The van der Waals surface area contributed by atoms with Gasteiger partial charge in [0.1, 0.15) is 5.82 Å². The van der Waals surface area contributed by atoms with Gasteiger partial charge in [-0.2, -0.15) is 5.10 Å². The van der Waals surface area contributed by atoms with Crippen LogP contribution in [0.1, 0.15) is 44.4 Å². The first-order valence-electron chi connectivity index (χ1n) is 5.10. The second-order valence-electron chi connectivity index (χ2n) is 4.77. The molecule has 1 N–H and O–H groups in total. The molecule has 0 amide bonds. The molecular formula is C11H17N3. The quantitative estimate of drug-likeness (QED) is 0.740. The largest absolute Gasteiger partial charge is 0.372 e. The van der Waals surface area contributed by atoms with Gasteiger partial charge in [-0.15, -0.1) is 5.10 Å². The number of rotatable bonds is 1. The van der Waals surface area contributed by atoms with Crippen LogP contribution in [0, 0.1) is 0 Å². The summed E-state index contributed by atoms with van der Waals surface area (Å²) in [4.78, 5) is 0. The van der Waals surface area contributed by atoms with Crippen molar-refractivity contribution in [2.45, 2.75) is 38.5 Å². The molecule has 0 aliphatic heterocycles. The Morgan fingerprint density at radius 2 is 2.14 bits per heavy atom. The van der Waals surface area contributed by atoms with Crippen molar-refractivity contribution in [2.24, 2.45) is 0 Å². The number of aromatic nitrogens is 2. The molecule has 0 spiro atoms. The fourth-order valence-electron chi connectivity index (χ4n) is 2.40. The molecule has 1 aromatic heterocycles. The van der Waals surface area contributed by atoms with E-state index in [1.165, 1.54) is 17.7 Å². The fourth-order valence-corrected chi connectivity index (χ4v) is 2.40. The number of hydrogen-bond donors (Lipinski definition) is 1. The van der Waals surface area contributed by atoms with Crippen molar-refractivity contribution in [3.8, 4) is 0 Å². The third kappa shape index (κ3) is 1.27. The van der Waals surface area contributed by atoms with E-state index in [0.717, 1.165) is 5.82 Å². The average Bonchev–Trinajstić information content (AvgIpc) is 2.37. The van der Waals surface area contributed by atoms with E-state index >= 15 is 0 Å². The van der Waals surface area contributed by atoms with Gasteiger partial charge >= 0.3 is 0 Å². The molecule has 0 fully saturated rings. The molecule has 76 valence electrons. The topological polar surface area (TPSA) is 37.8 Å². The average molecular weight is 191 g/mol. The van der Waals surface area contributed by atoms with Crippen LogP contribution in [0.2, 0.25) is 0 Å². The minimum absolute atomic E-state index is 0.246. The maximum atomic E-state index is 4.29. The Morgan fingerprint density at radius 3 is 2.79 bits per heavy atom. The number of fused-ring (bicyclic) bond motifs is 1. The van der Waals surface area contributed by atoms with E-state index in [0.29, 0.717) is 5.92 Å². The van der Waals surface area contributed by atoms with Crippen molar-refractivity contribution in [2.75, 3.05) is 12.4 Å². The highest BCUT2D eigenvalue weighted by Gasteiger charge is 2.36. The second kappa shape index (κ2) is 2.94. The van der Waals surface area contributed by atoms with Crippen LogP contribution in [0.15, 0.2) is 6.07 Å². The molecular weight excluding hydrogens is 174 g/mol. The first-order valence-corrected chi connectivity index (χ1v) is 5.10. The first-order chi connectivity index (χ1) is 6.54. The summed E-state index contributed by atoms with van der Waals surface area (Å²) in [6, 6.07) is 2.13. The van der Waals surface area contributed by atoms with Gasteiger partial charge < -0.3 is 5.32 Å². The van der Waals surface area contributed by atoms with Crippen LogP contribution >= 0.6 is 0 Å². The van der Waals surface area contributed by atoms with Gasteiger partial charge in [-0.25, -0.2) is 0 Å². The van der Waals surface area contributed by atoms with Gasteiger partial charge in [0.2, 0.25) is 0 Å². The molecule has 2 rings (SSSR count). The molecule has 0 aromatic carbocycles. The molecule has 0 saturated heterocycles. The molecule has 3 heteroatoms. The van der Waals surface area contributed by atoms with Gasteiger partial charge in [0.05, 0.1) is 5.69 Å². The number of nitrogens with zero attached hydrogens (tertiary/aromatic N) is 2. The molecule has 3 nitrogen and oxygen atoms in total. The van der Waals surface area contributed by atoms with Crippen LogP contribution in [0.25, 0.3) is 0 Å². The fraction of sp³-hybridized carbons (Fsp3) is 0.636. The monoisotopic (exact) mass is 191 g/mol. The lowest BCUT2D eigenvalue weighted by molar-refractivity contribution is 0.488. The molecule has 1 aromatic rings. The Labute approximate surface area is 84.9 Å². The van der Waals surface area contributed by atoms with Crippen molar-refractivity contribution < 1.29 is 0 Å². The number of nitrogens with one attached hydrogen (secondary N) is 1. The van der Waals surface area contributed by atoms with Crippen molar-refractivity contribution in [3.63, 3.8) is 0 Å². The van der Waals surface area contributed by atoms with Gasteiger partial charge in [0.25, 0.3) is 0 Å². The summed E-state index contributed by atoms with van der Waals surface area (Å²) in [6.07, 6.45) is 1.17. The highest BCUT2D eigenvalue weighted by molar-refractivity contribution is 5.44. The predicted octanol–water partition coefficient (Wildman–Crippen LogP) is 2.30. The Hall–Kier alpha value is -1.12. The van der Waals surface area contributed by atoms with E-state index in [-0.39, 0.29) is 5.41 Å². The summed E-state index contributed by atoms with van der Waals surface area (Å²) in [6.45, 7) is 6.77. The molecule has 0 radical (unpaired) electrons. The molecule has 14 heavy (non-hydrogen) atoms. The molecule has 1 aliphatic carbocycles. The Morgan fingerprint density at radius 1 is 1.43 bits per heavy atom. The first kappa shape index (κ1) is 9.44. The van der Waals surface area contributed by atoms with Crippen LogP contribution in [-0.2, 0) is 5.41 Å². The van der Waals surface area contributed by atoms with Crippen LogP contribution < -0.4 is 5.32 Å². The maximum absolute atomic E-state index is 4.29.